The van der Waals surface area contributed by atoms with Gasteiger partial charge in [0.15, 0.2) is 11.5 Å². The molecule has 0 saturated heterocycles. The molecular formula is C18H19F3N2O4S. The van der Waals surface area contributed by atoms with Gasteiger partial charge in [-0.3, -0.25) is 0 Å². The highest BCUT2D eigenvalue weighted by Crippen LogP contribution is 2.38. The predicted molar refractivity (Wildman–Crippen MR) is 100 cm³/mol. The molecular weight excluding hydrogens is 397 g/mol. The summed E-state index contributed by atoms with van der Waals surface area (Å²) in [5.41, 5.74) is -3.46. The van der Waals surface area contributed by atoms with Crippen LogP contribution in [-0.4, -0.2) is 32.9 Å². The number of rotatable bonds is 7. The number of benzene rings is 2. The number of nitrogens with one attached hydrogen (secondary N) is 2. The maximum atomic E-state index is 12.5. The summed E-state index contributed by atoms with van der Waals surface area (Å²) >= 11 is -0.247. The summed E-state index contributed by atoms with van der Waals surface area (Å²) in [5.74, 6) is 1.31. The van der Waals surface area contributed by atoms with Crippen LogP contribution >= 0.6 is 11.8 Å². The summed E-state index contributed by atoms with van der Waals surface area (Å²) in [5, 5.41) is 5.12. The van der Waals surface area contributed by atoms with E-state index in [-0.39, 0.29) is 28.9 Å². The van der Waals surface area contributed by atoms with Crippen molar-refractivity contribution in [2.45, 2.75) is 16.9 Å². The standard InChI is InChI=1S/C18H19F3N2O4S/c1-25-14-7-11(8-15(26-2)16(14)27-3)10-22-17(24)23-12-5-4-6-13(9-12)28-18(19,20)21/h4-9H,10H2,1-3H3,(H2,22,23,24). The Morgan fingerprint density at radius 2 is 1.68 bits per heavy atom. The zero-order chi connectivity index (χ0) is 20.7. The first kappa shape index (κ1) is 21.5. The van der Waals surface area contributed by atoms with Crippen LogP contribution in [0, 0.1) is 0 Å². The summed E-state index contributed by atoms with van der Waals surface area (Å²) in [6, 6.07) is 8.30. The van der Waals surface area contributed by atoms with E-state index in [0.717, 1.165) is 0 Å². The molecule has 28 heavy (non-hydrogen) atoms. The van der Waals surface area contributed by atoms with Crippen LogP contribution in [0.3, 0.4) is 0 Å². The van der Waals surface area contributed by atoms with Crippen LogP contribution in [0.2, 0.25) is 0 Å². The number of thioether (sulfide) groups is 1. The molecule has 0 atom stereocenters. The minimum absolute atomic E-state index is 0.0186. The van der Waals surface area contributed by atoms with E-state index in [1.807, 2.05) is 0 Å². The van der Waals surface area contributed by atoms with Gasteiger partial charge in [-0.05, 0) is 47.7 Å². The summed E-state index contributed by atoms with van der Waals surface area (Å²) in [6.45, 7) is 0.138. The molecule has 0 aliphatic rings. The van der Waals surface area contributed by atoms with E-state index < -0.39 is 11.5 Å². The minimum Gasteiger partial charge on any atom is -0.493 e. The second-order valence-electron chi connectivity index (χ2n) is 5.42. The SMILES string of the molecule is COc1cc(CNC(=O)Nc2cccc(SC(F)(F)F)c2)cc(OC)c1OC. The van der Waals surface area contributed by atoms with E-state index in [9.17, 15) is 18.0 Å². The zero-order valence-electron chi connectivity index (χ0n) is 15.3. The van der Waals surface area contributed by atoms with Gasteiger partial charge in [-0.25, -0.2) is 4.79 Å². The zero-order valence-corrected chi connectivity index (χ0v) is 16.2. The highest BCUT2D eigenvalue weighted by molar-refractivity contribution is 8.00. The Kier molecular flexibility index (Phi) is 7.27. The van der Waals surface area contributed by atoms with Gasteiger partial charge >= 0.3 is 11.5 Å². The van der Waals surface area contributed by atoms with Crippen molar-refractivity contribution in [3.63, 3.8) is 0 Å². The Morgan fingerprint density at radius 3 is 2.21 bits per heavy atom. The fourth-order valence-corrected chi connectivity index (χ4v) is 2.97. The van der Waals surface area contributed by atoms with Crippen molar-refractivity contribution < 1.29 is 32.2 Å². The van der Waals surface area contributed by atoms with Gasteiger partial charge < -0.3 is 24.8 Å². The average Bonchev–Trinajstić information content (AvgIpc) is 2.64. The molecule has 2 N–H and O–H groups in total. The molecule has 0 heterocycles. The lowest BCUT2D eigenvalue weighted by atomic mass is 10.2. The lowest BCUT2D eigenvalue weighted by Gasteiger charge is -2.15. The first-order valence-corrected chi connectivity index (χ1v) is 8.77. The predicted octanol–water partition coefficient (Wildman–Crippen LogP) is 4.65. The summed E-state index contributed by atoms with van der Waals surface area (Å²) in [7, 11) is 4.44. The first-order chi connectivity index (χ1) is 13.3. The van der Waals surface area contributed by atoms with Crippen LogP contribution in [0.15, 0.2) is 41.3 Å². The van der Waals surface area contributed by atoms with Crippen LogP contribution in [0.5, 0.6) is 17.2 Å². The highest BCUT2D eigenvalue weighted by atomic mass is 32.2. The number of alkyl halides is 3. The van der Waals surface area contributed by atoms with Crippen molar-refractivity contribution in [3.8, 4) is 17.2 Å². The molecule has 2 aromatic carbocycles. The van der Waals surface area contributed by atoms with E-state index in [4.69, 9.17) is 14.2 Å². The number of ether oxygens (including phenoxy) is 3. The third kappa shape index (κ3) is 6.15. The maximum absolute atomic E-state index is 12.5. The quantitative estimate of drug-likeness (QED) is 0.644. The molecule has 0 unspecified atom stereocenters. The van der Waals surface area contributed by atoms with Crippen LogP contribution < -0.4 is 24.8 Å². The van der Waals surface area contributed by atoms with Gasteiger partial charge in [-0.1, -0.05) is 6.07 Å². The lowest BCUT2D eigenvalue weighted by molar-refractivity contribution is -0.0328. The third-order valence-corrected chi connectivity index (χ3v) is 4.22. The van der Waals surface area contributed by atoms with Crippen LogP contribution in [0.4, 0.5) is 23.7 Å². The smallest absolute Gasteiger partial charge is 0.446 e. The molecule has 0 spiro atoms. The van der Waals surface area contributed by atoms with Crippen molar-refractivity contribution in [3.05, 3.63) is 42.0 Å². The molecule has 0 fully saturated rings. The molecule has 6 nitrogen and oxygen atoms in total. The molecule has 2 aromatic rings. The van der Waals surface area contributed by atoms with E-state index in [1.165, 1.54) is 45.6 Å². The van der Waals surface area contributed by atoms with Gasteiger partial charge in [0, 0.05) is 17.1 Å². The largest absolute Gasteiger partial charge is 0.493 e. The molecule has 10 heteroatoms. The number of halogens is 3. The number of anilines is 1. The molecule has 0 radical (unpaired) electrons. The van der Waals surface area contributed by atoms with E-state index in [0.29, 0.717) is 22.8 Å². The minimum atomic E-state index is -4.40. The van der Waals surface area contributed by atoms with E-state index in [2.05, 4.69) is 10.6 Å². The van der Waals surface area contributed by atoms with Crippen LogP contribution in [0.1, 0.15) is 5.56 Å². The number of hydrogen-bond acceptors (Lipinski definition) is 5. The molecule has 152 valence electrons. The van der Waals surface area contributed by atoms with Crippen molar-refractivity contribution in [2.75, 3.05) is 26.6 Å². The van der Waals surface area contributed by atoms with Crippen LogP contribution in [-0.2, 0) is 6.54 Å². The number of urea groups is 1. The Morgan fingerprint density at radius 1 is 1.04 bits per heavy atom. The third-order valence-electron chi connectivity index (χ3n) is 3.50. The fraction of sp³-hybridized carbons (Fsp3) is 0.278. The summed E-state index contributed by atoms with van der Waals surface area (Å²) < 4.78 is 53.1. The van der Waals surface area contributed by atoms with Gasteiger partial charge in [-0.15, -0.1) is 0 Å². The Balaban J connectivity index is 2.02. The van der Waals surface area contributed by atoms with Crippen molar-refractivity contribution >= 4 is 23.5 Å². The monoisotopic (exact) mass is 416 g/mol. The van der Waals surface area contributed by atoms with Crippen molar-refractivity contribution in [1.29, 1.82) is 0 Å². The highest BCUT2D eigenvalue weighted by Gasteiger charge is 2.29. The lowest BCUT2D eigenvalue weighted by Crippen LogP contribution is -2.28. The number of amides is 2. The number of methoxy groups -OCH3 is 3. The molecule has 0 bridgehead atoms. The number of carbonyl (C=O) groups excluding carboxylic acids is 1. The van der Waals surface area contributed by atoms with Crippen molar-refractivity contribution in [1.82, 2.24) is 5.32 Å². The molecule has 0 aromatic heterocycles. The molecule has 2 amide bonds. The normalized spacial score (nSPS) is 10.9. The van der Waals surface area contributed by atoms with Gasteiger partial charge in [-0.2, -0.15) is 13.2 Å². The van der Waals surface area contributed by atoms with E-state index in [1.54, 1.807) is 12.1 Å². The van der Waals surface area contributed by atoms with Gasteiger partial charge in [0.05, 0.1) is 21.3 Å². The maximum Gasteiger partial charge on any atom is 0.446 e. The van der Waals surface area contributed by atoms with Crippen molar-refractivity contribution in [2.24, 2.45) is 0 Å². The second-order valence-corrected chi connectivity index (χ2v) is 6.56. The van der Waals surface area contributed by atoms with Gasteiger partial charge in [0.1, 0.15) is 0 Å². The molecule has 0 aliphatic heterocycles. The number of hydrogen-bond donors (Lipinski definition) is 2. The topological polar surface area (TPSA) is 68.8 Å². The molecule has 0 saturated carbocycles. The Labute approximate surface area is 164 Å². The van der Waals surface area contributed by atoms with Gasteiger partial charge in [0.2, 0.25) is 5.75 Å². The molecule has 2 rings (SSSR count). The summed E-state index contributed by atoms with van der Waals surface area (Å²) in [4.78, 5) is 12.1. The second kappa shape index (κ2) is 9.45. The van der Waals surface area contributed by atoms with Gasteiger partial charge in [0.25, 0.3) is 0 Å². The Bertz CT molecular complexity index is 806. The van der Waals surface area contributed by atoms with Crippen LogP contribution in [0.25, 0.3) is 0 Å². The molecule has 0 aliphatic carbocycles. The average molecular weight is 416 g/mol. The fourth-order valence-electron chi connectivity index (χ4n) is 2.37. The first-order valence-electron chi connectivity index (χ1n) is 7.95. The summed E-state index contributed by atoms with van der Waals surface area (Å²) in [6.07, 6.45) is 0. The van der Waals surface area contributed by atoms with E-state index >= 15 is 0 Å². The Hall–Kier alpha value is -2.75. The number of carbonyl (C=O) groups is 1.